The molecule has 0 aromatic heterocycles. The van der Waals surface area contributed by atoms with E-state index in [1.54, 1.807) is 0 Å². The van der Waals surface area contributed by atoms with Crippen LogP contribution in [0.4, 0.5) is 0 Å². The van der Waals surface area contributed by atoms with Crippen LogP contribution in [-0.2, 0) is 0 Å². The van der Waals surface area contributed by atoms with Gasteiger partial charge in [0.25, 0.3) is 0 Å². The minimum absolute atomic E-state index is 0.596. The molecule has 0 saturated carbocycles. The molecule has 2 aromatic carbocycles. The van der Waals surface area contributed by atoms with Crippen LogP contribution in [0.2, 0.25) is 0 Å². The summed E-state index contributed by atoms with van der Waals surface area (Å²) < 4.78 is 7.29. The maximum absolute atomic E-state index is 9.42. The van der Waals surface area contributed by atoms with Crippen LogP contribution in [0.25, 0.3) is 11.6 Å². The molecule has 112 valence electrons. The Morgan fingerprint density at radius 1 is 1.18 bits per heavy atom. The summed E-state index contributed by atoms with van der Waals surface area (Å²) in [6.45, 7) is 4.57. The molecule has 22 heavy (non-hydrogen) atoms. The van der Waals surface area contributed by atoms with E-state index in [1.165, 1.54) is 5.56 Å². The van der Waals surface area contributed by atoms with Crippen molar-refractivity contribution in [2.45, 2.75) is 13.8 Å². The SMILES string of the molecule is CCOc1c(Br)cc(/C=C(/C#N)c2ccc(C)cc2)cc1Br. The van der Waals surface area contributed by atoms with Crippen LogP contribution in [0.3, 0.4) is 0 Å². The van der Waals surface area contributed by atoms with Crippen LogP contribution in [0, 0.1) is 18.3 Å². The first-order valence-electron chi connectivity index (χ1n) is 6.85. The first kappa shape index (κ1) is 16.8. The summed E-state index contributed by atoms with van der Waals surface area (Å²) >= 11 is 7.02. The van der Waals surface area contributed by atoms with Gasteiger partial charge in [0, 0.05) is 0 Å². The van der Waals surface area contributed by atoms with Crippen molar-refractivity contribution in [3.63, 3.8) is 0 Å². The second kappa shape index (κ2) is 7.62. The van der Waals surface area contributed by atoms with Gasteiger partial charge in [-0.2, -0.15) is 5.26 Å². The smallest absolute Gasteiger partial charge is 0.147 e. The monoisotopic (exact) mass is 419 g/mol. The highest BCUT2D eigenvalue weighted by Gasteiger charge is 2.09. The van der Waals surface area contributed by atoms with E-state index >= 15 is 0 Å². The molecule has 0 heterocycles. The van der Waals surface area contributed by atoms with Crippen molar-refractivity contribution in [3.05, 3.63) is 62.0 Å². The van der Waals surface area contributed by atoms with E-state index in [4.69, 9.17) is 4.74 Å². The minimum atomic E-state index is 0.596. The predicted molar refractivity (Wildman–Crippen MR) is 97.7 cm³/mol. The van der Waals surface area contributed by atoms with Gasteiger partial charge in [0.05, 0.1) is 27.2 Å². The van der Waals surface area contributed by atoms with Crippen LogP contribution in [0.15, 0.2) is 45.3 Å². The highest BCUT2D eigenvalue weighted by molar-refractivity contribution is 9.11. The number of nitriles is 1. The average molecular weight is 421 g/mol. The molecule has 0 unspecified atom stereocenters. The number of nitrogens with zero attached hydrogens (tertiary/aromatic N) is 1. The summed E-state index contributed by atoms with van der Waals surface area (Å²) in [6.07, 6.45) is 1.87. The molecule has 0 N–H and O–H groups in total. The molecule has 0 aliphatic carbocycles. The number of hydrogen-bond acceptors (Lipinski definition) is 2. The van der Waals surface area contributed by atoms with Gasteiger partial charge >= 0.3 is 0 Å². The molecule has 0 spiro atoms. The maximum Gasteiger partial charge on any atom is 0.147 e. The highest BCUT2D eigenvalue weighted by Crippen LogP contribution is 2.35. The highest BCUT2D eigenvalue weighted by atomic mass is 79.9. The average Bonchev–Trinajstić information content (AvgIpc) is 2.49. The lowest BCUT2D eigenvalue weighted by Gasteiger charge is -2.09. The van der Waals surface area contributed by atoms with E-state index < -0.39 is 0 Å². The van der Waals surface area contributed by atoms with E-state index in [0.29, 0.717) is 12.2 Å². The number of rotatable bonds is 4. The Morgan fingerprint density at radius 2 is 1.77 bits per heavy atom. The zero-order valence-corrected chi connectivity index (χ0v) is 15.5. The zero-order chi connectivity index (χ0) is 16.1. The van der Waals surface area contributed by atoms with Crippen LogP contribution in [0.1, 0.15) is 23.6 Å². The Balaban J connectivity index is 2.42. The standard InChI is InChI=1S/C18H15Br2NO/c1-3-22-18-16(19)9-13(10-17(18)20)8-15(11-21)14-6-4-12(2)5-7-14/h4-10H,3H2,1-2H3/b15-8-. The predicted octanol–water partition coefficient (Wildman–Crippen LogP) is 5.98. The van der Waals surface area contributed by atoms with Crippen LogP contribution in [-0.4, -0.2) is 6.61 Å². The lowest BCUT2D eigenvalue weighted by Crippen LogP contribution is -1.94. The van der Waals surface area contributed by atoms with Gasteiger partial charge in [-0.15, -0.1) is 0 Å². The minimum Gasteiger partial charge on any atom is -0.492 e. The van der Waals surface area contributed by atoms with Gasteiger partial charge in [-0.25, -0.2) is 0 Å². The molecule has 0 aliphatic heterocycles. The molecule has 0 saturated heterocycles. The fraction of sp³-hybridized carbons (Fsp3) is 0.167. The number of halogens is 2. The summed E-state index contributed by atoms with van der Waals surface area (Å²) in [5.74, 6) is 0.772. The Morgan fingerprint density at radius 3 is 2.27 bits per heavy atom. The summed E-state index contributed by atoms with van der Waals surface area (Å²) in [5.41, 5.74) is 3.64. The molecule has 0 bridgehead atoms. The molecule has 0 amide bonds. The molecule has 2 aromatic rings. The Hall–Kier alpha value is -1.57. The maximum atomic E-state index is 9.42. The van der Waals surface area contributed by atoms with Crippen molar-refractivity contribution in [3.8, 4) is 11.8 Å². The van der Waals surface area contributed by atoms with E-state index in [1.807, 2.05) is 56.3 Å². The third-order valence-corrected chi connectivity index (χ3v) is 4.28. The van der Waals surface area contributed by atoms with Crippen molar-refractivity contribution < 1.29 is 4.74 Å². The fourth-order valence-corrected chi connectivity index (χ4v) is 3.48. The van der Waals surface area contributed by atoms with Gasteiger partial charge in [-0.1, -0.05) is 29.8 Å². The van der Waals surface area contributed by atoms with Gasteiger partial charge in [0.1, 0.15) is 5.75 Å². The van der Waals surface area contributed by atoms with E-state index in [-0.39, 0.29) is 0 Å². The normalized spacial score (nSPS) is 11.1. The van der Waals surface area contributed by atoms with Gasteiger partial charge in [-0.3, -0.25) is 0 Å². The largest absolute Gasteiger partial charge is 0.492 e. The van der Waals surface area contributed by atoms with Crippen molar-refractivity contribution in [1.29, 1.82) is 5.26 Å². The van der Waals surface area contributed by atoms with Gasteiger partial charge in [0.15, 0.2) is 0 Å². The van der Waals surface area contributed by atoms with Crippen molar-refractivity contribution in [2.24, 2.45) is 0 Å². The summed E-state index contributed by atoms with van der Waals surface area (Å²) in [4.78, 5) is 0. The van der Waals surface area contributed by atoms with Gasteiger partial charge in [0.2, 0.25) is 0 Å². The van der Waals surface area contributed by atoms with Crippen molar-refractivity contribution in [2.75, 3.05) is 6.61 Å². The number of aryl methyl sites for hydroxylation is 1. The first-order chi connectivity index (χ1) is 10.5. The lowest BCUT2D eigenvalue weighted by molar-refractivity contribution is 0.336. The molecular weight excluding hydrogens is 406 g/mol. The Bertz CT molecular complexity index is 720. The Kier molecular flexibility index (Phi) is 5.82. The van der Waals surface area contributed by atoms with E-state index in [0.717, 1.165) is 25.8 Å². The van der Waals surface area contributed by atoms with E-state index in [9.17, 15) is 5.26 Å². The van der Waals surface area contributed by atoms with Crippen LogP contribution in [0.5, 0.6) is 5.75 Å². The lowest BCUT2D eigenvalue weighted by atomic mass is 10.0. The molecule has 2 rings (SSSR count). The molecule has 2 nitrogen and oxygen atoms in total. The van der Waals surface area contributed by atoms with Crippen LogP contribution < -0.4 is 4.74 Å². The number of benzene rings is 2. The number of allylic oxidation sites excluding steroid dienone is 1. The topological polar surface area (TPSA) is 33.0 Å². The zero-order valence-electron chi connectivity index (χ0n) is 12.4. The summed E-state index contributed by atoms with van der Waals surface area (Å²) in [6, 6.07) is 14.1. The molecule has 0 aliphatic rings. The molecule has 4 heteroatoms. The third kappa shape index (κ3) is 4.00. The molecule has 0 fully saturated rings. The van der Waals surface area contributed by atoms with E-state index in [2.05, 4.69) is 37.9 Å². The molecule has 0 radical (unpaired) electrons. The summed E-state index contributed by atoms with van der Waals surface area (Å²) in [7, 11) is 0. The Labute approximate surface area is 147 Å². The van der Waals surface area contributed by atoms with Crippen molar-refractivity contribution >= 4 is 43.5 Å². The quantitative estimate of drug-likeness (QED) is 0.450. The number of hydrogen-bond donors (Lipinski definition) is 0. The van der Waals surface area contributed by atoms with Gasteiger partial charge in [-0.05, 0) is 75.0 Å². The third-order valence-electron chi connectivity index (χ3n) is 3.10. The fourth-order valence-electron chi connectivity index (χ4n) is 2.02. The van der Waals surface area contributed by atoms with Gasteiger partial charge < -0.3 is 4.74 Å². The first-order valence-corrected chi connectivity index (χ1v) is 8.44. The second-order valence-electron chi connectivity index (χ2n) is 4.78. The second-order valence-corrected chi connectivity index (χ2v) is 6.49. The molecule has 0 atom stereocenters. The van der Waals surface area contributed by atoms with Crippen LogP contribution >= 0.6 is 31.9 Å². The molecular formula is C18H15Br2NO. The number of ether oxygens (including phenoxy) is 1. The van der Waals surface area contributed by atoms with Crippen molar-refractivity contribution in [1.82, 2.24) is 0 Å². The summed E-state index contributed by atoms with van der Waals surface area (Å²) in [5, 5.41) is 9.42.